The number of hydrogen-bond acceptors (Lipinski definition) is 2. The first-order valence-corrected chi connectivity index (χ1v) is 7.07. The second kappa shape index (κ2) is 5.24. The maximum atomic E-state index is 11.2. The predicted octanol–water partition coefficient (Wildman–Crippen LogP) is 4.15. The van der Waals surface area contributed by atoms with Gasteiger partial charge in [0, 0.05) is 30.3 Å². The summed E-state index contributed by atoms with van der Waals surface area (Å²) in [6.45, 7) is 4.13. The van der Waals surface area contributed by atoms with E-state index in [0.717, 1.165) is 11.4 Å². The topological polar surface area (TPSA) is 49.7 Å². The van der Waals surface area contributed by atoms with Gasteiger partial charge in [0.05, 0.1) is 11.8 Å². The lowest BCUT2D eigenvalue weighted by Crippen LogP contribution is -2.30. The molecule has 0 amide bonds. The van der Waals surface area contributed by atoms with Crippen molar-refractivity contribution >= 4 is 23.6 Å². The van der Waals surface area contributed by atoms with Crippen LogP contribution in [0.25, 0.3) is 0 Å². The van der Waals surface area contributed by atoms with Crippen molar-refractivity contribution in [3.05, 3.63) is 71.4 Å². The van der Waals surface area contributed by atoms with E-state index in [4.69, 9.17) is 0 Å². The van der Waals surface area contributed by atoms with E-state index in [1.165, 1.54) is 11.1 Å². The highest BCUT2D eigenvalue weighted by molar-refractivity contribution is 5.89. The van der Waals surface area contributed by atoms with Crippen LogP contribution < -0.4 is 4.59 Å². The Bertz CT molecular complexity index is 794. The van der Waals surface area contributed by atoms with Gasteiger partial charge in [-0.2, -0.15) is 0 Å². The number of hydrogen-bond donors (Lipinski definition) is 1. The first-order valence-electron chi connectivity index (χ1n) is 7.07. The quantitative estimate of drug-likeness (QED) is 0.864. The van der Waals surface area contributed by atoms with Gasteiger partial charge in [-0.1, -0.05) is 17.2 Å². The zero-order valence-electron chi connectivity index (χ0n) is 12.5. The highest BCUT2D eigenvalue weighted by atomic mass is 16.4. The molecule has 1 N–H and O–H groups in total. The summed E-state index contributed by atoms with van der Waals surface area (Å²) in [4.78, 5) is 11.2. The monoisotopic (exact) mass is 293 g/mol. The lowest BCUT2D eigenvalue weighted by Gasteiger charge is -2.25. The van der Waals surface area contributed by atoms with Crippen molar-refractivity contribution in [2.24, 2.45) is 5.10 Å². The van der Waals surface area contributed by atoms with Gasteiger partial charge >= 0.3 is 5.97 Å². The number of allylic oxidation sites excluding steroid dienone is 1. The molecule has 0 saturated heterocycles. The van der Waals surface area contributed by atoms with Crippen LogP contribution in [-0.2, 0) is 0 Å². The largest absolute Gasteiger partial charge is 0.478 e. The maximum Gasteiger partial charge on any atom is 0.335 e. The van der Waals surface area contributed by atoms with E-state index in [2.05, 4.69) is 31.1 Å². The zero-order valence-corrected chi connectivity index (χ0v) is 12.5. The van der Waals surface area contributed by atoms with E-state index in [1.807, 2.05) is 24.4 Å². The number of carboxylic acids is 1. The molecule has 0 saturated carbocycles. The van der Waals surface area contributed by atoms with Gasteiger partial charge in [0.25, 0.3) is 0 Å². The number of carbonyl (C=O) groups is 1. The Kier molecular flexibility index (Phi) is 3.39. The fraction of sp³-hybridized carbons (Fsp3) is 0.111. The van der Waals surface area contributed by atoms with Crippen LogP contribution in [0.15, 0.2) is 59.8 Å². The molecule has 0 aromatic heterocycles. The summed E-state index contributed by atoms with van der Waals surface area (Å²) in [6, 6.07) is 13.1. The Morgan fingerprint density at radius 3 is 2.45 bits per heavy atom. The predicted molar refractivity (Wildman–Crippen MR) is 88.4 cm³/mol. The van der Waals surface area contributed by atoms with Gasteiger partial charge in [-0.3, -0.25) is 0 Å². The van der Waals surface area contributed by atoms with E-state index < -0.39 is 5.97 Å². The molecule has 1 aliphatic rings. The van der Waals surface area contributed by atoms with E-state index in [-0.39, 0.29) is 10.2 Å². The highest BCUT2D eigenvalue weighted by Crippen LogP contribution is 2.38. The van der Waals surface area contributed by atoms with Gasteiger partial charge in [0.1, 0.15) is 6.20 Å². The normalized spacial score (nSPS) is 19.5. The Balaban J connectivity index is 2.19. The molecule has 1 heterocycles. The smallest absolute Gasteiger partial charge is 0.335 e. The van der Waals surface area contributed by atoms with Crippen LogP contribution in [0.1, 0.15) is 21.5 Å². The molecule has 4 nitrogen and oxygen atoms in total. The average molecular weight is 293 g/mol. The first-order chi connectivity index (χ1) is 10.5. The third-order valence-electron chi connectivity index (χ3n) is 4.01. The second-order valence-electron chi connectivity index (χ2n) is 5.42. The first kappa shape index (κ1) is 14.2. The SMILES string of the molecule is Cc1ccc([N+]2(c3cccc(C(=O)O)c3)C=CC=N2)cc1C. The number of quaternary nitrogens is 1. The molecule has 1 aliphatic heterocycles. The molecule has 0 fully saturated rings. The van der Waals surface area contributed by atoms with Gasteiger partial charge in [0.2, 0.25) is 0 Å². The lowest BCUT2D eigenvalue weighted by atomic mass is 10.1. The van der Waals surface area contributed by atoms with Crippen LogP contribution in [0.2, 0.25) is 0 Å². The molecular formula is C18H17N2O2+. The van der Waals surface area contributed by atoms with Crippen LogP contribution in [0.5, 0.6) is 0 Å². The highest BCUT2D eigenvalue weighted by Gasteiger charge is 2.34. The van der Waals surface area contributed by atoms with Gasteiger partial charge in [0.15, 0.2) is 11.4 Å². The van der Waals surface area contributed by atoms with Gasteiger partial charge in [-0.05, 0) is 31.0 Å². The number of aromatic carboxylic acids is 1. The minimum absolute atomic E-state index is 0.155. The summed E-state index contributed by atoms with van der Waals surface area (Å²) in [6.07, 6.45) is 5.57. The summed E-state index contributed by atoms with van der Waals surface area (Å²) >= 11 is 0. The van der Waals surface area contributed by atoms with Crippen molar-refractivity contribution in [3.63, 3.8) is 0 Å². The fourth-order valence-corrected chi connectivity index (χ4v) is 2.59. The average Bonchev–Trinajstić information content (AvgIpc) is 3.01. The van der Waals surface area contributed by atoms with Crippen molar-refractivity contribution in [2.45, 2.75) is 13.8 Å². The third-order valence-corrected chi connectivity index (χ3v) is 4.01. The molecule has 2 aromatic rings. The number of benzene rings is 2. The van der Waals surface area contributed by atoms with Crippen molar-refractivity contribution < 1.29 is 9.90 Å². The summed E-state index contributed by atoms with van der Waals surface area (Å²) in [5.74, 6) is -0.938. The van der Waals surface area contributed by atoms with Crippen molar-refractivity contribution in [2.75, 3.05) is 0 Å². The summed E-state index contributed by atoms with van der Waals surface area (Å²) in [7, 11) is 0. The van der Waals surface area contributed by atoms with E-state index >= 15 is 0 Å². The summed E-state index contributed by atoms with van der Waals surface area (Å²) < 4.78 is 0.155. The summed E-state index contributed by atoms with van der Waals surface area (Å²) in [5, 5.41) is 13.8. The molecule has 0 aliphatic carbocycles. The zero-order chi connectivity index (χ0) is 15.7. The minimum atomic E-state index is -0.938. The van der Waals surface area contributed by atoms with Crippen LogP contribution in [0.3, 0.4) is 0 Å². The molecule has 110 valence electrons. The number of aryl methyl sites for hydroxylation is 2. The van der Waals surface area contributed by atoms with Crippen LogP contribution in [0, 0.1) is 13.8 Å². The summed E-state index contributed by atoms with van der Waals surface area (Å²) in [5.41, 5.74) is 4.44. The Hall–Kier alpha value is -2.72. The van der Waals surface area contributed by atoms with Gasteiger partial charge in [-0.15, -0.1) is 4.59 Å². The third kappa shape index (κ3) is 2.23. The van der Waals surface area contributed by atoms with Crippen molar-refractivity contribution in [3.8, 4) is 0 Å². The fourth-order valence-electron chi connectivity index (χ4n) is 2.59. The maximum absolute atomic E-state index is 11.2. The molecule has 1 unspecified atom stereocenters. The minimum Gasteiger partial charge on any atom is -0.478 e. The molecular weight excluding hydrogens is 276 g/mol. The number of rotatable bonds is 3. The van der Waals surface area contributed by atoms with E-state index in [1.54, 1.807) is 24.4 Å². The van der Waals surface area contributed by atoms with Crippen LogP contribution >= 0.6 is 0 Å². The van der Waals surface area contributed by atoms with Crippen molar-refractivity contribution in [1.82, 2.24) is 4.59 Å². The molecule has 3 rings (SSSR count). The van der Waals surface area contributed by atoms with E-state index in [0.29, 0.717) is 0 Å². The Labute approximate surface area is 129 Å². The molecule has 22 heavy (non-hydrogen) atoms. The molecule has 0 spiro atoms. The number of carboxylic acid groups (broad SMARTS) is 1. The standard InChI is InChI=1S/C18H16N2O2/c1-13-7-8-17(11-14(13)2)20(10-4-9-19-20)16-6-3-5-15(12-16)18(21)22/h3-12H,1-2H3/p+1. The van der Waals surface area contributed by atoms with E-state index in [9.17, 15) is 9.90 Å². The molecule has 2 aromatic carbocycles. The van der Waals surface area contributed by atoms with Crippen LogP contribution in [0.4, 0.5) is 11.4 Å². The Morgan fingerprint density at radius 1 is 1.05 bits per heavy atom. The Morgan fingerprint density at radius 2 is 1.82 bits per heavy atom. The lowest BCUT2D eigenvalue weighted by molar-refractivity contribution is 0.0697. The van der Waals surface area contributed by atoms with Gasteiger partial charge < -0.3 is 5.11 Å². The molecule has 4 heteroatoms. The van der Waals surface area contributed by atoms with Crippen molar-refractivity contribution in [1.29, 1.82) is 0 Å². The van der Waals surface area contributed by atoms with Gasteiger partial charge in [-0.25, -0.2) is 4.79 Å². The van der Waals surface area contributed by atoms with Crippen LogP contribution in [-0.4, -0.2) is 17.3 Å². The molecule has 0 radical (unpaired) electrons. The number of nitrogens with zero attached hydrogens (tertiary/aromatic N) is 2. The second-order valence-corrected chi connectivity index (χ2v) is 5.42. The molecule has 0 bridgehead atoms. The molecule has 1 atom stereocenters.